The molecule has 6 rings (SSSR count). The van der Waals surface area contributed by atoms with Gasteiger partial charge in [0, 0.05) is 17.0 Å². The summed E-state index contributed by atoms with van der Waals surface area (Å²) < 4.78 is 1.89. The van der Waals surface area contributed by atoms with E-state index < -0.39 is 6.04 Å². The first-order chi connectivity index (χ1) is 17.5. The maximum absolute atomic E-state index is 13.5. The summed E-state index contributed by atoms with van der Waals surface area (Å²) in [6.45, 7) is 0.853. The van der Waals surface area contributed by atoms with Crippen molar-refractivity contribution in [2.24, 2.45) is 0 Å². The summed E-state index contributed by atoms with van der Waals surface area (Å²) in [5, 5.41) is 8.05. The highest BCUT2D eigenvalue weighted by molar-refractivity contribution is 7.14. The summed E-state index contributed by atoms with van der Waals surface area (Å²) in [7, 11) is 0. The van der Waals surface area contributed by atoms with Crippen LogP contribution in [0.15, 0.2) is 60.3 Å². The number of hydrogen-bond acceptors (Lipinski definition) is 5. The molecule has 1 atom stereocenters. The molecule has 4 heterocycles. The molecule has 0 spiro atoms. The zero-order valence-electron chi connectivity index (χ0n) is 19.4. The van der Waals surface area contributed by atoms with E-state index in [0.29, 0.717) is 21.0 Å². The Hall–Kier alpha value is -3.49. The number of benzene rings is 1. The number of hydrogen-bond donors (Lipinski definition) is 1. The van der Waals surface area contributed by atoms with E-state index >= 15 is 0 Å². The van der Waals surface area contributed by atoms with Crippen molar-refractivity contribution in [1.29, 1.82) is 0 Å². The van der Waals surface area contributed by atoms with Crippen LogP contribution in [-0.4, -0.2) is 45.0 Å². The summed E-state index contributed by atoms with van der Waals surface area (Å²) in [6, 6.07) is 8.18. The fourth-order valence-electron chi connectivity index (χ4n) is 5.06. The molecule has 0 saturated carbocycles. The van der Waals surface area contributed by atoms with E-state index in [1.807, 2.05) is 22.9 Å². The Balaban J connectivity index is 1.29. The van der Waals surface area contributed by atoms with Crippen molar-refractivity contribution in [3.05, 3.63) is 86.2 Å². The lowest BCUT2D eigenvalue weighted by molar-refractivity contribution is 0.0636. The van der Waals surface area contributed by atoms with Gasteiger partial charge in [-0.15, -0.1) is 11.3 Å². The van der Waals surface area contributed by atoms with Crippen LogP contribution in [0.1, 0.15) is 54.5 Å². The first kappa shape index (κ1) is 22.9. The third kappa shape index (κ3) is 3.90. The van der Waals surface area contributed by atoms with Crippen LogP contribution in [0.25, 0.3) is 11.3 Å². The van der Waals surface area contributed by atoms with Crippen molar-refractivity contribution >= 4 is 40.7 Å². The van der Waals surface area contributed by atoms with Gasteiger partial charge in [-0.3, -0.25) is 24.0 Å². The summed E-state index contributed by atoms with van der Waals surface area (Å²) in [5.41, 5.74) is 3.48. The Morgan fingerprint density at radius 3 is 2.64 bits per heavy atom. The van der Waals surface area contributed by atoms with Gasteiger partial charge >= 0.3 is 0 Å². The molecular weight excluding hydrogens is 496 g/mol. The highest BCUT2D eigenvalue weighted by atomic mass is 35.5. The molecule has 9 heteroatoms. The van der Waals surface area contributed by atoms with Crippen molar-refractivity contribution in [2.75, 3.05) is 6.54 Å². The highest BCUT2D eigenvalue weighted by Crippen LogP contribution is 2.38. The third-order valence-electron chi connectivity index (χ3n) is 6.83. The average molecular weight is 519 g/mol. The van der Waals surface area contributed by atoms with Crippen molar-refractivity contribution < 1.29 is 14.4 Å². The molecule has 3 amide bonds. The topological polar surface area (TPSA) is 84.3 Å². The Morgan fingerprint density at radius 1 is 1.14 bits per heavy atom. The number of aryl methyl sites for hydroxylation is 2. The zero-order chi connectivity index (χ0) is 24.8. The van der Waals surface area contributed by atoms with E-state index in [1.165, 1.54) is 16.2 Å². The molecular formula is C27H23ClN4O3S. The normalized spacial score (nSPS) is 17.2. The van der Waals surface area contributed by atoms with Crippen molar-refractivity contribution in [1.82, 2.24) is 20.0 Å². The Bertz CT molecular complexity index is 1430. The summed E-state index contributed by atoms with van der Waals surface area (Å²) in [4.78, 5) is 42.4. The predicted molar refractivity (Wildman–Crippen MR) is 138 cm³/mol. The van der Waals surface area contributed by atoms with Crippen LogP contribution < -0.4 is 5.32 Å². The van der Waals surface area contributed by atoms with Gasteiger partial charge in [0.05, 0.1) is 45.5 Å². The standard InChI is InChI=1S/C27H23ClN4O3S/c28-20-14-29-32-12-6-11-22-19(24(20)32)13-23(36-22)25(33)30-21(16-7-2-1-3-8-16)15-31-26(34)17-9-4-5-10-18(17)27(31)35/h2,4-5,7-10,13-14,21H,1,3,6,11-12,15H2,(H,30,33)/t21-/m1/s1. The minimum Gasteiger partial charge on any atom is -0.343 e. The molecule has 1 aliphatic carbocycles. The molecule has 182 valence electrons. The number of nitrogens with zero attached hydrogens (tertiary/aromatic N) is 3. The lowest BCUT2D eigenvalue weighted by Crippen LogP contribution is -2.46. The summed E-state index contributed by atoms with van der Waals surface area (Å²) in [6.07, 6.45) is 11.2. The minimum atomic E-state index is -0.521. The quantitative estimate of drug-likeness (QED) is 0.488. The lowest BCUT2D eigenvalue weighted by Gasteiger charge is -2.25. The van der Waals surface area contributed by atoms with Crippen LogP contribution in [0.2, 0.25) is 5.02 Å². The van der Waals surface area contributed by atoms with Gasteiger partial charge in [-0.25, -0.2) is 0 Å². The molecule has 7 nitrogen and oxygen atoms in total. The number of imide groups is 1. The van der Waals surface area contributed by atoms with Gasteiger partial charge in [-0.05, 0) is 49.5 Å². The molecule has 36 heavy (non-hydrogen) atoms. The molecule has 0 radical (unpaired) electrons. The molecule has 2 aliphatic heterocycles. The molecule has 3 aromatic rings. The number of carbonyl (C=O) groups is 3. The van der Waals surface area contributed by atoms with Crippen LogP contribution in [-0.2, 0) is 13.0 Å². The SMILES string of the molecule is O=C(N[C@H](CN1C(=O)c2ccccc2C1=O)C1=CCCC=C1)c1cc2c(s1)CCCn1ncc(Cl)c1-2. The van der Waals surface area contributed by atoms with E-state index in [0.717, 1.165) is 53.9 Å². The summed E-state index contributed by atoms with van der Waals surface area (Å²) >= 11 is 7.89. The largest absolute Gasteiger partial charge is 0.343 e. The fourth-order valence-corrected chi connectivity index (χ4v) is 6.41. The number of thiophene rings is 1. The lowest BCUT2D eigenvalue weighted by atomic mass is 9.99. The number of halogens is 1. The second kappa shape index (κ2) is 9.19. The molecule has 2 aromatic heterocycles. The van der Waals surface area contributed by atoms with Crippen molar-refractivity contribution in [3.63, 3.8) is 0 Å². The maximum atomic E-state index is 13.5. The second-order valence-electron chi connectivity index (χ2n) is 9.09. The average Bonchev–Trinajstić information content (AvgIpc) is 3.51. The molecule has 1 N–H and O–H groups in total. The van der Waals surface area contributed by atoms with Crippen LogP contribution >= 0.6 is 22.9 Å². The van der Waals surface area contributed by atoms with Gasteiger partial charge in [0.1, 0.15) is 0 Å². The highest BCUT2D eigenvalue weighted by Gasteiger charge is 2.37. The van der Waals surface area contributed by atoms with Crippen LogP contribution in [0.4, 0.5) is 0 Å². The number of allylic oxidation sites excluding steroid dienone is 2. The fraction of sp³-hybridized carbons (Fsp3) is 0.259. The van der Waals surface area contributed by atoms with Gasteiger partial charge in [-0.1, -0.05) is 42.0 Å². The molecule has 3 aliphatic rings. The second-order valence-corrected chi connectivity index (χ2v) is 10.6. The third-order valence-corrected chi connectivity index (χ3v) is 8.30. The van der Waals surface area contributed by atoms with Gasteiger partial charge in [0.2, 0.25) is 0 Å². The molecule has 0 unspecified atom stereocenters. The summed E-state index contributed by atoms with van der Waals surface area (Å²) in [5.74, 6) is -0.904. The van der Waals surface area contributed by atoms with E-state index in [-0.39, 0.29) is 24.3 Å². The molecule has 0 bridgehead atoms. The van der Waals surface area contributed by atoms with E-state index in [9.17, 15) is 14.4 Å². The van der Waals surface area contributed by atoms with Crippen LogP contribution in [0.3, 0.4) is 0 Å². The Labute approximate surface area is 217 Å². The number of nitrogens with one attached hydrogen (secondary N) is 1. The van der Waals surface area contributed by atoms with Crippen LogP contribution in [0.5, 0.6) is 0 Å². The number of carbonyl (C=O) groups excluding carboxylic acids is 3. The van der Waals surface area contributed by atoms with E-state index in [2.05, 4.69) is 16.5 Å². The minimum absolute atomic E-state index is 0.0674. The Morgan fingerprint density at radius 2 is 1.92 bits per heavy atom. The van der Waals surface area contributed by atoms with Gasteiger partial charge in [0.15, 0.2) is 0 Å². The molecule has 0 fully saturated rings. The monoisotopic (exact) mass is 518 g/mol. The first-order valence-electron chi connectivity index (χ1n) is 12.0. The van der Waals surface area contributed by atoms with Crippen LogP contribution in [0, 0.1) is 0 Å². The number of aromatic nitrogens is 2. The smallest absolute Gasteiger partial charge is 0.261 e. The van der Waals surface area contributed by atoms with E-state index in [4.69, 9.17) is 11.6 Å². The van der Waals surface area contributed by atoms with E-state index in [1.54, 1.807) is 30.5 Å². The van der Waals surface area contributed by atoms with Crippen molar-refractivity contribution in [2.45, 2.75) is 38.3 Å². The van der Waals surface area contributed by atoms with Gasteiger partial charge in [-0.2, -0.15) is 5.10 Å². The van der Waals surface area contributed by atoms with Gasteiger partial charge in [0.25, 0.3) is 17.7 Å². The molecule has 1 aromatic carbocycles. The zero-order valence-corrected chi connectivity index (χ0v) is 20.9. The maximum Gasteiger partial charge on any atom is 0.261 e. The number of fused-ring (bicyclic) bond motifs is 4. The number of rotatable bonds is 5. The molecule has 0 saturated heterocycles. The van der Waals surface area contributed by atoms with Crippen molar-refractivity contribution in [3.8, 4) is 11.3 Å². The van der Waals surface area contributed by atoms with Gasteiger partial charge < -0.3 is 5.32 Å². The Kier molecular flexibility index (Phi) is 5.85. The first-order valence-corrected chi connectivity index (χ1v) is 13.2. The predicted octanol–water partition coefficient (Wildman–Crippen LogP) is 4.88. The number of amides is 3.